The molecule has 25 heavy (non-hydrogen) atoms. The molecule has 0 radical (unpaired) electrons. The van der Waals surface area contributed by atoms with E-state index in [4.69, 9.17) is 0 Å². The summed E-state index contributed by atoms with van der Waals surface area (Å²) in [6.45, 7) is 0.676. The van der Waals surface area contributed by atoms with E-state index in [0.29, 0.717) is 11.9 Å². The van der Waals surface area contributed by atoms with E-state index in [1.165, 1.54) is 6.07 Å². The van der Waals surface area contributed by atoms with E-state index < -0.39 is 5.82 Å². The van der Waals surface area contributed by atoms with E-state index in [9.17, 15) is 9.18 Å². The first kappa shape index (κ1) is 15.7. The zero-order valence-electron chi connectivity index (χ0n) is 13.7. The highest BCUT2D eigenvalue weighted by molar-refractivity contribution is 5.95. The third-order valence-electron chi connectivity index (χ3n) is 4.72. The topological polar surface area (TPSA) is 46.1 Å². The van der Waals surface area contributed by atoms with E-state index in [1.54, 1.807) is 30.5 Å². The van der Waals surface area contributed by atoms with Gasteiger partial charge in [0.05, 0.1) is 6.04 Å². The smallest absolute Gasteiger partial charge is 0.272 e. The Morgan fingerprint density at radius 3 is 2.88 bits per heavy atom. The number of amides is 1. The summed E-state index contributed by atoms with van der Waals surface area (Å²) in [4.78, 5) is 23.4. The number of hydrogen-bond donors (Lipinski definition) is 0. The first-order valence-electron chi connectivity index (χ1n) is 8.50. The van der Waals surface area contributed by atoms with Crippen LogP contribution in [0.4, 0.5) is 4.39 Å². The average molecular weight is 335 g/mol. The van der Waals surface area contributed by atoms with Gasteiger partial charge in [0.2, 0.25) is 0 Å². The summed E-state index contributed by atoms with van der Waals surface area (Å²) >= 11 is 0. The molecule has 1 aromatic carbocycles. The fourth-order valence-electron chi connectivity index (χ4n) is 3.47. The molecule has 1 fully saturated rings. The molecular weight excluding hydrogens is 317 g/mol. The number of carbonyl (C=O) groups is 1. The standard InChI is InChI=1S/C20H18FN3O/c21-16-7-3-5-14-9-10-17(23-19(14)16)20(25)24-12-2-1-8-18(24)15-6-4-11-22-13-15/h3-7,9-11,13,18H,1-2,8,12H2/t18-/m0/s1. The van der Waals surface area contributed by atoms with Crippen LogP contribution in [0.2, 0.25) is 0 Å². The summed E-state index contributed by atoms with van der Waals surface area (Å²) in [7, 11) is 0. The Morgan fingerprint density at radius 2 is 2.04 bits per heavy atom. The molecule has 3 aromatic rings. The minimum absolute atomic E-state index is 0.00642. The maximum Gasteiger partial charge on any atom is 0.272 e. The van der Waals surface area contributed by atoms with Crippen molar-refractivity contribution in [1.29, 1.82) is 0 Å². The largest absolute Gasteiger partial charge is 0.330 e. The minimum Gasteiger partial charge on any atom is -0.330 e. The minimum atomic E-state index is -0.408. The van der Waals surface area contributed by atoms with Gasteiger partial charge in [-0.3, -0.25) is 9.78 Å². The van der Waals surface area contributed by atoms with Crippen molar-refractivity contribution in [2.75, 3.05) is 6.54 Å². The summed E-state index contributed by atoms with van der Waals surface area (Å²) in [5, 5.41) is 0.694. The second-order valence-corrected chi connectivity index (χ2v) is 6.30. The lowest BCUT2D eigenvalue weighted by Crippen LogP contribution is -2.39. The van der Waals surface area contributed by atoms with Crippen molar-refractivity contribution in [3.63, 3.8) is 0 Å². The molecule has 2 aromatic heterocycles. The normalized spacial score (nSPS) is 17.6. The predicted octanol–water partition coefficient (Wildman–Crippen LogP) is 4.14. The fraction of sp³-hybridized carbons (Fsp3) is 0.250. The van der Waals surface area contributed by atoms with Crippen LogP contribution in [0, 0.1) is 5.82 Å². The fourth-order valence-corrected chi connectivity index (χ4v) is 3.47. The van der Waals surface area contributed by atoms with Gasteiger partial charge in [0.15, 0.2) is 0 Å². The number of benzene rings is 1. The van der Waals surface area contributed by atoms with Gasteiger partial charge in [-0.25, -0.2) is 9.37 Å². The number of nitrogens with zero attached hydrogens (tertiary/aromatic N) is 3. The Labute approximate surface area is 145 Å². The third-order valence-corrected chi connectivity index (χ3v) is 4.72. The van der Waals surface area contributed by atoms with Crippen LogP contribution in [0.25, 0.3) is 10.9 Å². The predicted molar refractivity (Wildman–Crippen MR) is 93.6 cm³/mol. The zero-order valence-corrected chi connectivity index (χ0v) is 13.7. The molecule has 0 N–H and O–H groups in total. The number of rotatable bonds is 2. The van der Waals surface area contributed by atoms with Gasteiger partial charge in [0, 0.05) is 24.3 Å². The first-order chi connectivity index (χ1) is 12.2. The lowest BCUT2D eigenvalue weighted by Gasteiger charge is -2.35. The van der Waals surface area contributed by atoms with Crippen LogP contribution in [0.5, 0.6) is 0 Å². The Bertz CT molecular complexity index is 913. The number of halogens is 1. The molecule has 0 spiro atoms. The Morgan fingerprint density at radius 1 is 1.12 bits per heavy atom. The van der Waals surface area contributed by atoms with Crippen LogP contribution < -0.4 is 0 Å². The molecule has 5 heteroatoms. The molecule has 4 nitrogen and oxygen atoms in total. The highest BCUT2D eigenvalue weighted by Gasteiger charge is 2.29. The molecular formula is C20H18FN3O. The first-order valence-corrected chi connectivity index (χ1v) is 8.50. The van der Waals surface area contributed by atoms with Gasteiger partial charge in [-0.1, -0.05) is 24.3 Å². The average Bonchev–Trinajstić information content (AvgIpc) is 2.68. The lowest BCUT2D eigenvalue weighted by atomic mass is 9.96. The van der Waals surface area contributed by atoms with Crippen molar-refractivity contribution in [3.05, 3.63) is 71.9 Å². The van der Waals surface area contributed by atoms with Crippen LogP contribution in [-0.2, 0) is 0 Å². The van der Waals surface area contributed by atoms with Crippen LogP contribution >= 0.6 is 0 Å². The molecule has 1 saturated heterocycles. The molecule has 0 unspecified atom stereocenters. The number of aromatic nitrogens is 2. The van der Waals surface area contributed by atoms with E-state index in [-0.39, 0.29) is 23.2 Å². The monoisotopic (exact) mass is 335 g/mol. The van der Waals surface area contributed by atoms with Crippen LogP contribution in [-0.4, -0.2) is 27.3 Å². The van der Waals surface area contributed by atoms with Gasteiger partial charge in [0.1, 0.15) is 17.0 Å². The van der Waals surface area contributed by atoms with Crippen molar-refractivity contribution < 1.29 is 9.18 Å². The number of piperidine rings is 1. The van der Waals surface area contributed by atoms with E-state index in [0.717, 1.165) is 24.8 Å². The van der Waals surface area contributed by atoms with Crippen molar-refractivity contribution in [2.24, 2.45) is 0 Å². The van der Waals surface area contributed by atoms with Crippen LogP contribution in [0.3, 0.4) is 0 Å². The highest BCUT2D eigenvalue weighted by atomic mass is 19.1. The van der Waals surface area contributed by atoms with E-state index in [1.807, 2.05) is 23.2 Å². The summed E-state index contributed by atoms with van der Waals surface area (Å²) in [5.41, 5.74) is 1.55. The number of hydrogen-bond acceptors (Lipinski definition) is 3. The number of carbonyl (C=O) groups excluding carboxylic acids is 1. The molecule has 126 valence electrons. The third kappa shape index (κ3) is 2.97. The Hall–Kier alpha value is -2.82. The van der Waals surface area contributed by atoms with Gasteiger partial charge in [-0.05, 0) is 43.0 Å². The molecule has 1 aliphatic heterocycles. The van der Waals surface area contributed by atoms with Gasteiger partial charge < -0.3 is 4.90 Å². The number of fused-ring (bicyclic) bond motifs is 1. The van der Waals surface area contributed by atoms with E-state index in [2.05, 4.69) is 9.97 Å². The van der Waals surface area contributed by atoms with Crippen molar-refractivity contribution in [1.82, 2.24) is 14.9 Å². The number of likely N-dealkylation sites (tertiary alicyclic amines) is 1. The number of pyridine rings is 2. The van der Waals surface area contributed by atoms with Gasteiger partial charge in [-0.15, -0.1) is 0 Å². The van der Waals surface area contributed by atoms with Crippen molar-refractivity contribution >= 4 is 16.8 Å². The molecule has 1 atom stereocenters. The summed E-state index contributed by atoms with van der Waals surface area (Å²) < 4.78 is 14.0. The molecule has 1 amide bonds. The second-order valence-electron chi connectivity index (χ2n) is 6.30. The lowest BCUT2D eigenvalue weighted by molar-refractivity contribution is 0.0605. The molecule has 0 bridgehead atoms. The number of para-hydroxylation sites is 1. The molecule has 3 heterocycles. The summed E-state index contributed by atoms with van der Waals surface area (Å²) in [6.07, 6.45) is 6.48. The van der Waals surface area contributed by atoms with Crippen molar-refractivity contribution in [3.8, 4) is 0 Å². The molecule has 0 saturated carbocycles. The summed E-state index contributed by atoms with van der Waals surface area (Å²) in [5.74, 6) is -0.562. The van der Waals surface area contributed by atoms with Crippen LogP contribution in [0.15, 0.2) is 54.9 Å². The second kappa shape index (κ2) is 6.59. The van der Waals surface area contributed by atoms with E-state index >= 15 is 0 Å². The quantitative estimate of drug-likeness (QED) is 0.707. The zero-order chi connectivity index (χ0) is 17.2. The van der Waals surface area contributed by atoms with Crippen LogP contribution in [0.1, 0.15) is 41.4 Å². The highest BCUT2D eigenvalue weighted by Crippen LogP contribution is 2.31. The van der Waals surface area contributed by atoms with Gasteiger partial charge >= 0.3 is 0 Å². The molecule has 4 rings (SSSR count). The molecule has 0 aliphatic carbocycles. The Kier molecular flexibility index (Phi) is 4.14. The van der Waals surface area contributed by atoms with Gasteiger partial charge in [0.25, 0.3) is 5.91 Å². The maximum absolute atomic E-state index is 14.0. The summed E-state index contributed by atoms with van der Waals surface area (Å²) in [6, 6.07) is 12.1. The molecule has 1 aliphatic rings. The van der Waals surface area contributed by atoms with Gasteiger partial charge in [-0.2, -0.15) is 0 Å². The Balaban J connectivity index is 1.70. The SMILES string of the molecule is O=C(c1ccc2cccc(F)c2n1)N1CCCC[C@H]1c1cccnc1. The maximum atomic E-state index is 14.0. The van der Waals surface area contributed by atoms with Crippen molar-refractivity contribution in [2.45, 2.75) is 25.3 Å².